The minimum absolute atomic E-state index is 0.432. The first kappa shape index (κ1) is 15.2. The molecule has 0 spiro atoms. The summed E-state index contributed by atoms with van der Waals surface area (Å²) in [6.07, 6.45) is 6.34. The van der Waals surface area contributed by atoms with Gasteiger partial charge in [0.05, 0.1) is 0 Å². The number of rotatable bonds is 5. The molecule has 1 aromatic rings. The van der Waals surface area contributed by atoms with Crippen LogP contribution in [0.2, 0.25) is 0 Å². The van der Waals surface area contributed by atoms with Gasteiger partial charge >= 0.3 is 0 Å². The summed E-state index contributed by atoms with van der Waals surface area (Å²) in [4.78, 5) is 0. The molecule has 1 aliphatic carbocycles. The molecule has 0 atom stereocenters. The Bertz CT molecular complexity index is 419. The summed E-state index contributed by atoms with van der Waals surface area (Å²) < 4.78 is 26.4. The van der Waals surface area contributed by atoms with E-state index in [1.54, 1.807) is 0 Å². The molecule has 1 aliphatic rings. The van der Waals surface area contributed by atoms with E-state index in [9.17, 15) is 8.78 Å². The van der Waals surface area contributed by atoms with E-state index >= 15 is 0 Å². The number of phenolic OH excluding ortho intramolecular Hbond substituents is 1. The largest absolute Gasteiger partial charge is 0.503 e. The van der Waals surface area contributed by atoms with Crippen LogP contribution in [0, 0.1) is 23.5 Å². The molecule has 0 unspecified atom stereocenters. The highest BCUT2D eigenvalue weighted by Crippen LogP contribution is 2.30. The fraction of sp³-hybridized carbons (Fsp3) is 0.625. The standard InChI is InChI=1S/C16H23F2NO/c1-2-11-3-5-12(6-4-11)9-19-10-13-7-14(17)16(20)15(18)8-13/h7-8,11-12,19-20H,2-6,9-10H2,1H3. The summed E-state index contributed by atoms with van der Waals surface area (Å²) in [6, 6.07) is 2.36. The molecule has 4 heteroatoms. The van der Waals surface area contributed by atoms with Crippen molar-refractivity contribution in [3.63, 3.8) is 0 Å². The summed E-state index contributed by atoms with van der Waals surface area (Å²) in [5, 5.41) is 12.3. The Morgan fingerprint density at radius 2 is 1.65 bits per heavy atom. The lowest BCUT2D eigenvalue weighted by Gasteiger charge is -2.27. The Morgan fingerprint density at radius 1 is 1.10 bits per heavy atom. The first-order valence-electron chi connectivity index (χ1n) is 7.47. The van der Waals surface area contributed by atoms with Crippen molar-refractivity contribution in [3.05, 3.63) is 29.3 Å². The second-order valence-corrected chi connectivity index (χ2v) is 5.83. The Labute approximate surface area is 119 Å². The number of hydrogen-bond acceptors (Lipinski definition) is 2. The molecular formula is C16H23F2NO. The van der Waals surface area contributed by atoms with Crippen LogP contribution in [0.1, 0.15) is 44.6 Å². The number of halogens is 2. The normalized spacial score (nSPS) is 22.9. The van der Waals surface area contributed by atoms with E-state index in [2.05, 4.69) is 12.2 Å². The Balaban J connectivity index is 1.76. The van der Waals surface area contributed by atoms with Gasteiger partial charge in [-0.15, -0.1) is 0 Å². The van der Waals surface area contributed by atoms with Gasteiger partial charge in [-0.1, -0.05) is 26.2 Å². The molecule has 0 radical (unpaired) electrons. The van der Waals surface area contributed by atoms with Gasteiger partial charge in [0.2, 0.25) is 0 Å². The molecule has 112 valence electrons. The van der Waals surface area contributed by atoms with Gasteiger partial charge in [-0.2, -0.15) is 0 Å². The Kier molecular flexibility index (Phi) is 5.35. The lowest BCUT2D eigenvalue weighted by molar-refractivity contribution is 0.262. The summed E-state index contributed by atoms with van der Waals surface area (Å²) >= 11 is 0. The highest BCUT2D eigenvalue weighted by atomic mass is 19.1. The van der Waals surface area contributed by atoms with E-state index in [1.165, 1.54) is 44.2 Å². The van der Waals surface area contributed by atoms with E-state index < -0.39 is 17.4 Å². The van der Waals surface area contributed by atoms with Gasteiger partial charge in [0.1, 0.15) is 0 Å². The first-order chi connectivity index (χ1) is 9.60. The quantitative estimate of drug-likeness (QED) is 0.856. The molecule has 0 aliphatic heterocycles. The molecule has 0 aromatic heterocycles. The first-order valence-corrected chi connectivity index (χ1v) is 7.47. The van der Waals surface area contributed by atoms with Crippen molar-refractivity contribution >= 4 is 0 Å². The topological polar surface area (TPSA) is 32.3 Å². The molecule has 20 heavy (non-hydrogen) atoms. The number of aromatic hydroxyl groups is 1. The molecule has 0 bridgehead atoms. The highest BCUT2D eigenvalue weighted by Gasteiger charge is 2.19. The molecule has 1 aromatic carbocycles. The molecule has 2 nitrogen and oxygen atoms in total. The van der Waals surface area contributed by atoms with E-state index in [0.29, 0.717) is 18.0 Å². The number of nitrogens with one attached hydrogen (secondary N) is 1. The number of hydrogen-bond donors (Lipinski definition) is 2. The molecule has 2 rings (SSSR count). The zero-order chi connectivity index (χ0) is 14.5. The van der Waals surface area contributed by atoms with Crippen LogP contribution in [-0.4, -0.2) is 11.7 Å². The summed E-state index contributed by atoms with van der Waals surface area (Å²) in [5.74, 6) is -1.14. The fourth-order valence-electron chi connectivity index (χ4n) is 2.98. The Morgan fingerprint density at radius 3 is 2.20 bits per heavy atom. The van der Waals surface area contributed by atoms with Gasteiger partial charge in [0.25, 0.3) is 0 Å². The second kappa shape index (κ2) is 7.02. The zero-order valence-corrected chi connectivity index (χ0v) is 12.0. The summed E-state index contributed by atoms with van der Waals surface area (Å²) in [5.41, 5.74) is 0.528. The molecule has 0 saturated heterocycles. The molecule has 0 amide bonds. The predicted octanol–water partition coefficient (Wildman–Crippen LogP) is 3.98. The van der Waals surface area contributed by atoms with E-state index in [1.807, 2.05) is 0 Å². The smallest absolute Gasteiger partial charge is 0.187 e. The third kappa shape index (κ3) is 3.92. The van der Waals surface area contributed by atoms with E-state index in [4.69, 9.17) is 5.11 Å². The van der Waals surface area contributed by atoms with E-state index in [0.717, 1.165) is 12.5 Å². The van der Waals surface area contributed by atoms with Gasteiger partial charge in [-0.25, -0.2) is 8.78 Å². The SMILES string of the molecule is CCC1CCC(CNCc2cc(F)c(O)c(F)c2)CC1. The molecule has 1 saturated carbocycles. The lowest BCUT2D eigenvalue weighted by atomic mass is 9.81. The van der Waals surface area contributed by atoms with Crippen LogP contribution >= 0.6 is 0 Å². The average Bonchev–Trinajstić information content (AvgIpc) is 2.45. The molecule has 2 N–H and O–H groups in total. The van der Waals surface area contributed by atoms with E-state index in [-0.39, 0.29) is 0 Å². The summed E-state index contributed by atoms with van der Waals surface area (Å²) in [6.45, 7) is 3.57. The van der Waals surface area contributed by atoms with Crippen LogP contribution < -0.4 is 5.32 Å². The number of benzene rings is 1. The molecular weight excluding hydrogens is 260 g/mol. The van der Waals surface area contributed by atoms with Crippen molar-refractivity contribution in [2.24, 2.45) is 11.8 Å². The van der Waals surface area contributed by atoms with Crippen molar-refractivity contribution < 1.29 is 13.9 Å². The van der Waals surface area contributed by atoms with Gasteiger partial charge in [0.15, 0.2) is 17.4 Å². The lowest BCUT2D eigenvalue weighted by Crippen LogP contribution is -2.26. The van der Waals surface area contributed by atoms with Crippen LogP contribution in [0.15, 0.2) is 12.1 Å². The maximum Gasteiger partial charge on any atom is 0.187 e. The van der Waals surface area contributed by atoms with Crippen molar-refractivity contribution in [1.82, 2.24) is 5.32 Å². The average molecular weight is 283 g/mol. The van der Waals surface area contributed by atoms with Crippen LogP contribution in [-0.2, 0) is 6.54 Å². The van der Waals surface area contributed by atoms with Crippen LogP contribution in [0.25, 0.3) is 0 Å². The van der Waals surface area contributed by atoms with Gasteiger partial charge in [0, 0.05) is 6.54 Å². The maximum absolute atomic E-state index is 13.2. The van der Waals surface area contributed by atoms with Crippen molar-refractivity contribution in [2.45, 2.75) is 45.6 Å². The highest BCUT2D eigenvalue weighted by molar-refractivity contribution is 5.29. The van der Waals surface area contributed by atoms with Crippen molar-refractivity contribution in [2.75, 3.05) is 6.54 Å². The summed E-state index contributed by atoms with van der Waals surface area (Å²) in [7, 11) is 0. The van der Waals surface area contributed by atoms with Crippen molar-refractivity contribution in [3.8, 4) is 5.75 Å². The van der Waals surface area contributed by atoms with Crippen molar-refractivity contribution in [1.29, 1.82) is 0 Å². The zero-order valence-electron chi connectivity index (χ0n) is 12.0. The second-order valence-electron chi connectivity index (χ2n) is 5.83. The number of phenols is 1. The Hall–Kier alpha value is -1.16. The van der Waals surface area contributed by atoms with Gasteiger partial charge < -0.3 is 10.4 Å². The van der Waals surface area contributed by atoms with Crippen LogP contribution in [0.4, 0.5) is 8.78 Å². The van der Waals surface area contributed by atoms with Crippen LogP contribution in [0.3, 0.4) is 0 Å². The third-order valence-corrected chi connectivity index (χ3v) is 4.38. The fourth-order valence-corrected chi connectivity index (χ4v) is 2.98. The maximum atomic E-state index is 13.2. The minimum Gasteiger partial charge on any atom is -0.503 e. The van der Waals surface area contributed by atoms with Gasteiger partial charge in [-0.3, -0.25) is 0 Å². The molecule has 1 fully saturated rings. The third-order valence-electron chi connectivity index (χ3n) is 4.38. The molecule has 0 heterocycles. The van der Waals surface area contributed by atoms with Crippen LogP contribution in [0.5, 0.6) is 5.75 Å². The monoisotopic (exact) mass is 283 g/mol. The van der Waals surface area contributed by atoms with Gasteiger partial charge in [-0.05, 0) is 48.9 Å². The minimum atomic E-state index is -0.898. The predicted molar refractivity (Wildman–Crippen MR) is 75.5 cm³/mol.